The van der Waals surface area contributed by atoms with Gasteiger partial charge in [0.1, 0.15) is 11.5 Å². The number of amides is 1. The van der Waals surface area contributed by atoms with Crippen LogP contribution in [0.3, 0.4) is 0 Å². The molecule has 0 spiro atoms. The van der Waals surface area contributed by atoms with E-state index in [1.165, 1.54) is 17.0 Å². The van der Waals surface area contributed by atoms with Gasteiger partial charge < -0.3 is 9.88 Å². The Bertz CT molecular complexity index is 1120. The number of carbonyl (C=O) groups is 1. The molecule has 3 heterocycles. The number of hydrogen-bond donors (Lipinski definition) is 1. The molecule has 1 saturated carbocycles. The van der Waals surface area contributed by atoms with Gasteiger partial charge in [0, 0.05) is 18.2 Å². The van der Waals surface area contributed by atoms with Crippen LogP contribution in [0.5, 0.6) is 0 Å². The van der Waals surface area contributed by atoms with Crippen LogP contribution in [0.4, 0.5) is 18.9 Å². The van der Waals surface area contributed by atoms with Gasteiger partial charge in [-0.3, -0.25) is 9.48 Å². The van der Waals surface area contributed by atoms with E-state index >= 15 is 0 Å². The van der Waals surface area contributed by atoms with Crippen molar-refractivity contribution >= 4 is 11.6 Å². The molecule has 1 N–H and O–H groups in total. The lowest BCUT2D eigenvalue weighted by Gasteiger charge is -2.32. The van der Waals surface area contributed by atoms with Crippen molar-refractivity contribution in [3.8, 4) is 11.3 Å². The zero-order valence-corrected chi connectivity index (χ0v) is 16.5. The molecule has 0 saturated heterocycles. The SMILES string of the molecule is Cc1nc(C2CC2)[nH]c1-c1cnn2c1C(=O)N(c1ccc(C(F)(F)F)cc1)CC2C. The zero-order chi connectivity index (χ0) is 21.2. The Kier molecular flexibility index (Phi) is 4.06. The fourth-order valence-electron chi connectivity index (χ4n) is 3.99. The van der Waals surface area contributed by atoms with Crippen molar-refractivity contribution in [3.63, 3.8) is 0 Å². The van der Waals surface area contributed by atoms with Crippen LogP contribution in [0.1, 0.15) is 59.3 Å². The van der Waals surface area contributed by atoms with E-state index in [0.29, 0.717) is 29.4 Å². The fourth-order valence-corrected chi connectivity index (χ4v) is 3.99. The first-order chi connectivity index (χ1) is 14.2. The minimum absolute atomic E-state index is 0.125. The molecule has 1 atom stereocenters. The summed E-state index contributed by atoms with van der Waals surface area (Å²) in [6.45, 7) is 4.15. The number of anilines is 1. The maximum atomic E-state index is 13.4. The van der Waals surface area contributed by atoms with E-state index < -0.39 is 11.7 Å². The molecule has 1 aliphatic carbocycles. The number of aryl methyl sites for hydroxylation is 1. The molecule has 0 radical (unpaired) electrons. The summed E-state index contributed by atoms with van der Waals surface area (Å²) in [5.74, 6) is 1.09. The van der Waals surface area contributed by atoms with Crippen molar-refractivity contribution in [1.82, 2.24) is 19.7 Å². The molecule has 30 heavy (non-hydrogen) atoms. The van der Waals surface area contributed by atoms with Crippen LogP contribution < -0.4 is 4.90 Å². The van der Waals surface area contributed by atoms with Crippen molar-refractivity contribution < 1.29 is 18.0 Å². The first-order valence-electron chi connectivity index (χ1n) is 9.87. The molecule has 6 nitrogen and oxygen atoms in total. The van der Waals surface area contributed by atoms with Crippen molar-refractivity contribution in [2.75, 3.05) is 11.4 Å². The first-order valence-corrected chi connectivity index (χ1v) is 9.87. The fraction of sp³-hybridized carbons (Fsp3) is 0.381. The Labute approximate surface area is 170 Å². The van der Waals surface area contributed by atoms with Crippen LogP contribution in [0.2, 0.25) is 0 Å². The number of nitrogens with zero attached hydrogens (tertiary/aromatic N) is 4. The monoisotopic (exact) mass is 415 g/mol. The summed E-state index contributed by atoms with van der Waals surface area (Å²) in [4.78, 5) is 22.8. The highest BCUT2D eigenvalue weighted by Crippen LogP contribution is 2.41. The number of imidazole rings is 1. The van der Waals surface area contributed by atoms with E-state index in [9.17, 15) is 18.0 Å². The van der Waals surface area contributed by atoms with Gasteiger partial charge >= 0.3 is 6.18 Å². The lowest BCUT2D eigenvalue weighted by Crippen LogP contribution is -2.42. The highest BCUT2D eigenvalue weighted by Gasteiger charge is 2.36. The van der Waals surface area contributed by atoms with Gasteiger partial charge in [0.15, 0.2) is 0 Å². The van der Waals surface area contributed by atoms with Gasteiger partial charge in [0.25, 0.3) is 5.91 Å². The highest BCUT2D eigenvalue weighted by atomic mass is 19.4. The first kappa shape index (κ1) is 18.9. The Morgan fingerprint density at radius 2 is 1.87 bits per heavy atom. The third-order valence-electron chi connectivity index (χ3n) is 5.75. The average Bonchev–Trinajstić information content (AvgIpc) is 3.33. The summed E-state index contributed by atoms with van der Waals surface area (Å²) >= 11 is 0. The summed E-state index contributed by atoms with van der Waals surface area (Å²) in [5, 5.41) is 4.42. The molecule has 2 aliphatic rings. The van der Waals surface area contributed by atoms with Crippen molar-refractivity contribution in [1.29, 1.82) is 0 Å². The molecule has 0 bridgehead atoms. The number of aromatic amines is 1. The molecule has 5 rings (SSSR count). The molecule has 1 fully saturated rings. The number of benzene rings is 1. The molecule has 2 aromatic heterocycles. The molecule has 1 aliphatic heterocycles. The van der Waals surface area contributed by atoms with Gasteiger partial charge in [-0.25, -0.2) is 4.98 Å². The second-order valence-electron chi connectivity index (χ2n) is 8.02. The van der Waals surface area contributed by atoms with Crippen LogP contribution in [0.25, 0.3) is 11.3 Å². The molecular weight excluding hydrogens is 395 g/mol. The van der Waals surface area contributed by atoms with Gasteiger partial charge in [-0.15, -0.1) is 0 Å². The van der Waals surface area contributed by atoms with Gasteiger partial charge in [0.2, 0.25) is 0 Å². The van der Waals surface area contributed by atoms with Gasteiger partial charge in [0.05, 0.1) is 34.8 Å². The molecule has 3 aromatic rings. The van der Waals surface area contributed by atoms with Gasteiger partial charge in [-0.05, 0) is 51.0 Å². The number of carbonyl (C=O) groups excluding carboxylic acids is 1. The van der Waals surface area contributed by atoms with Gasteiger partial charge in [-0.1, -0.05) is 0 Å². The van der Waals surface area contributed by atoms with Crippen LogP contribution in [0, 0.1) is 6.92 Å². The molecule has 156 valence electrons. The summed E-state index contributed by atoms with van der Waals surface area (Å²) in [6.07, 6.45) is -0.537. The third-order valence-corrected chi connectivity index (χ3v) is 5.75. The third kappa shape index (κ3) is 3.00. The number of alkyl halides is 3. The molecule has 1 amide bonds. The Morgan fingerprint density at radius 1 is 1.17 bits per heavy atom. The predicted octanol–water partition coefficient (Wildman–Crippen LogP) is 4.70. The van der Waals surface area contributed by atoms with Crippen molar-refractivity contribution in [2.24, 2.45) is 0 Å². The number of rotatable bonds is 3. The van der Waals surface area contributed by atoms with Gasteiger partial charge in [-0.2, -0.15) is 18.3 Å². The Morgan fingerprint density at radius 3 is 2.50 bits per heavy atom. The molecular formula is C21H20F3N5O. The second kappa shape index (κ2) is 6.45. The Balaban J connectivity index is 1.53. The van der Waals surface area contributed by atoms with E-state index in [1.807, 2.05) is 13.8 Å². The number of hydrogen-bond acceptors (Lipinski definition) is 3. The molecule has 1 unspecified atom stereocenters. The number of H-pyrrole nitrogens is 1. The Hall–Kier alpha value is -3.10. The van der Waals surface area contributed by atoms with Crippen molar-refractivity contribution in [3.05, 3.63) is 53.2 Å². The normalized spacial score (nSPS) is 19.3. The number of halogens is 3. The maximum absolute atomic E-state index is 13.4. The van der Waals surface area contributed by atoms with E-state index in [0.717, 1.165) is 42.2 Å². The quantitative estimate of drug-likeness (QED) is 0.674. The lowest BCUT2D eigenvalue weighted by molar-refractivity contribution is -0.137. The van der Waals surface area contributed by atoms with E-state index in [1.54, 1.807) is 10.9 Å². The maximum Gasteiger partial charge on any atom is 0.416 e. The molecule has 1 aromatic carbocycles. The average molecular weight is 415 g/mol. The minimum Gasteiger partial charge on any atom is -0.341 e. The minimum atomic E-state index is -4.42. The number of aromatic nitrogens is 4. The van der Waals surface area contributed by atoms with E-state index in [4.69, 9.17) is 0 Å². The van der Waals surface area contributed by atoms with Crippen molar-refractivity contribution in [2.45, 2.75) is 44.8 Å². The standard InChI is InChI=1S/C21H20F3N5O/c1-11-10-28(15-7-5-14(6-8-15)21(22,23)24)20(30)18-16(9-25-29(11)18)17-12(2)26-19(27-17)13-3-4-13/h5-9,11,13H,3-4,10H2,1-2H3,(H,26,27). The topological polar surface area (TPSA) is 66.8 Å². The number of nitrogens with one attached hydrogen (secondary N) is 1. The zero-order valence-electron chi connectivity index (χ0n) is 16.5. The summed E-state index contributed by atoms with van der Waals surface area (Å²) in [7, 11) is 0. The van der Waals surface area contributed by atoms with Crippen LogP contribution in [0.15, 0.2) is 30.5 Å². The van der Waals surface area contributed by atoms with E-state index in [-0.39, 0.29) is 11.9 Å². The highest BCUT2D eigenvalue weighted by molar-refractivity contribution is 6.09. The van der Waals surface area contributed by atoms with E-state index in [2.05, 4.69) is 15.1 Å². The smallest absolute Gasteiger partial charge is 0.341 e. The summed E-state index contributed by atoms with van der Waals surface area (Å²) < 4.78 is 40.4. The second-order valence-corrected chi connectivity index (χ2v) is 8.02. The van der Waals surface area contributed by atoms with Crippen LogP contribution >= 0.6 is 0 Å². The lowest BCUT2D eigenvalue weighted by atomic mass is 10.1. The largest absolute Gasteiger partial charge is 0.416 e. The van der Waals surface area contributed by atoms with Crippen LogP contribution in [-0.2, 0) is 6.18 Å². The summed E-state index contributed by atoms with van der Waals surface area (Å²) in [5.41, 5.74) is 2.35. The van der Waals surface area contributed by atoms with Crippen LogP contribution in [-0.4, -0.2) is 32.2 Å². The number of fused-ring (bicyclic) bond motifs is 1. The summed E-state index contributed by atoms with van der Waals surface area (Å²) in [6, 6.07) is 4.56. The predicted molar refractivity (Wildman–Crippen MR) is 104 cm³/mol. The molecule has 9 heteroatoms.